The van der Waals surface area contributed by atoms with Crippen LogP contribution in [0.15, 0.2) is 54.1 Å². The zero-order chi connectivity index (χ0) is 20.5. The highest BCUT2D eigenvalue weighted by Gasteiger charge is 2.11. The standard InChI is InChI=1S/C23H28N2O3/c1-4-5-6-14-24-23(28)25(3)21-9-7-8-20(16-21)19-12-10-18(11-13-19)15-17(2)22(26)27/h7-13,15-16H,4-6,14H2,1-3H3,(H,24,28)(H,26,27). The molecule has 0 saturated carbocycles. The Morgan fingerprint density at radius 2 is 1.79 bits per heavy atom. The molecule has 2 aromatic carbocycles. The van der Waals surface area contributed by atoms with Crippen LogP contribution in [-0.4, -0.2) is 30.7 Å². The molecule has 0 spiro atoms. The van der Waals surface area contributed by atoms with E-state index in [2.05, 4.69) is 12.2 Å². The Morgan fingerprint density at radius 1 is 1.07 bits per heavy atom. The fourth-order valence-corrected chi connectivity index (χ4v) is 2.78. The van der Waals surface area contributed by atoms with E-state index in [1.807, 2.05) is 48.5 Å². The summed E-state index contributed by atoms with van der Waals surface area (Å²) in [6, 6.07) is 15.4. The van der Waals surface area contributed by atoms with Crippen LogP contribution in [0.1, 0.15) is 38.7 Å². The third-order valence-electron chi connectivity index (χ3n) is 4.56. The maximum absolute atomic E-state index is 12.3. The molecule has 0 heterocycles. The van der Waals surface area contributed by atoms with E-state index in [0.717, 1.165) is 41.6 Å². The Kier molecular flexibility index (Phi) is 7.81. The minimum atomic E-state index is -0.923. The summed E-state index contributed by atoms with van der Waals surface area (Å²) in [7, 11) is 1.76. The second kappa shape index (κ2) is 10.3. The van der Waals surface area contributed by atoms with E-state index in [0.29, 0.717) is 12.1 Å². The zero-order valence-corrected chi connectivity index (χ0v) is 16.7. The highest BCUT2D eigenvalue weighted by atomic mass is 16.4. The molecule has 2 rings (SSSR count). The van der Waals surface area contributed by atoms with Gasteiger partial charge in [-0.15, -0.1) is 0 Å². The van der Waals surface area contributed by atoms with Gasteiger partial charge < -0.3 is 10.4 Å². The van der Waals surface area contributed by atoms with E-state index in [4.69, 9.17) is 5.11 Å². The summed E-state index contributed by atoms with van der Waals surface area (Å²) in [5.41, 5.74) is 3.94. The molecule has 148 valence electrons. The van der Waals surface area contributed by atoms with Crippen LogP contribution in [0.25, 0.3) is 17.2 Å². The van der Waals surface area contributed by atoms with Crippen molar-refractivity contribution in [2.24, 2.45) is 0 Å². The molecule has 0 radical (unpaired) electrons. The first-order valence-corrected chi connectivity index (χ1v) is 9.56. The second-order valence-corrected chi connectivity index (χ2v) is 6.80. The number of carbonyl (C=O) groups excluding carboxylic acids is 1. The summed E-state index contributed by atoms with van der Waals surface area (Å²) in [6.07, 6.45) is 4.85. The van der Waals surface area contributed by atoms with Gasteiger partial charge in [-0.2, -0.15) is 0 Å². The van der Waals surface area contributed by atoms with Crippen molar-refractivity contribution in [2.45, 2.75) is 33.1 Å². The molecule has 2 amide bonds. The molecule has 5 nitrogen and oxygen atoms in total. The number of nitrogens with one attached hydrogen (secondary N) is 1. The van der Waals surface area contributed by atoms with Crippen LogP contribution in [0, 0.1) is 0 Å². The normalized spacial score (nSPS) is 11.2. The average Bonchev–Trinajstić information content (AvgIpc) is 2.71. The lowest BCUT2D eigenvalue weighted by molar-refractivity contribution is -0.132. The van der Waals surface area contributed by atoms with Crippen molar-refractivity contribution in [3.63, 3.8) is 0 Å². The summed E-state index contributed by atoms with van der Waals surface area (Å²) in [5, 5.41) is 11.9. The van der Waals surface area contributed by atoms with Gasteiger partial charge in [-0.3, -0.25) is 4.90 Å². The van der Waals surface area contributed by atoms with Gasteiger partial charge in [-0.1, -0.05) is 56.2 Å². The predicted molar refractivity (Wildman–Crippen MR) is 114 cm³/mol. The van der Waals surface area contributed by atoms with Gasteiger partial charge in [0.1, 0.15) is 0 Å². The molecule has 5 heteroatoms. The number of carboxylic acid groups (broad SMARTS) is 1. The van der Waals surface area contributed by atoms with Crippen molar-refractivity contribution in [1.82, 2.24) is 5.32 Å². The Labute approximate surface area is 166 Å². The highest BCUT2D eigenvalue weighted by molar-refractivity contribution is 5.92. The lowest BCUT2D eigenvalue weighted by atomic mass is 10.0. The number of hydrogen-bond donors (Lipinski definition) is 2. The first-order valence-electron chi connectivity index (χ1n) is 9.56. The topological polar surface area (TPSA) is 69.6 Å². The van der Waals surface area contributed by atoms with Crippen molar-refractivity contribution in [3.8, 4) is 11.1 Å². The van der Waals surface area contributed by atoms with Crippen molar-refractivity contribution in [1.29, 1.82) is 0 Å². The third kappa shape index (κ3) is 5.98. The largest absolute Gasteiger partial charge is 0.478 e. The number of anilines is 1. The minimum Gasteiger partial charge on any atom is -0.478 e. The fourth-order valence-electron chi connectivity index (χ4n) is 2.78. The molecule has 0 aliphatic rings. The average molecular weight is 380 g/mol. The van der Waals surface area contributed by atoms with Crippen LogP contribution in [0.3, 0.4) is 0 Å². The molecular formula is C23H28N2O3. The Balaban J connectivity index is 2.11. The number of amides is 2. The number of urea groups is 1. The van der Waals surface area contributed by atoms with E-state index in [1.54, 1.807) is 24.9 Å². The quantitative estimate of drug-likeness (QED) is 0.490. The van der Waals surface area contributed by atoms with E-state index < -0.39 is 5.97 Å². The molecule has 2 N–H and O–H groups in total. The van der Waals surface area contributed by atoms with E-state index in [1.165, 1.54) is 0 Å². The van der Waals surface area contributed by atoms with Crippen LogP contribution < -0.4 is 10.2 Å². The first kappa shape index (κ1) is 21.2. The molecule has 0 fully saturated rings. The smallest absolute Gasteiger partial charge is 0.331 e. The molecule has 0 aromatic heterocycles. The highest BCUT2D eigenvalue weighted by Crippen LogP contribution is 2.25. The van der Waals surface area contributed by atoms with Crippen LogP contribution in [0.5, 0.6) is 0 Å². The van der Waals surface area contributed by atoms with Crippen LogP contribution in [0.4, 0.5) is 10.5 Å². The maximum Gasteiger partial charge on any atom is 0.331 e. The monoisotopic (exact) mass is 380 g/mol. The molecule has 0 unspecified atom stereocenters. The van der Waals surface area contributed by atoms with E-state index >= 15 is 0 Å². The molecule has 0 bridgehead atoms. The Morgan fingerprint density at radius 3 is 2.43 bits per heavy atom. The van der Waals surface area contributed by atoms with Crippen LogP contribution in [0.2, 0.25) is 0 Å². The number of nitrogens with zero attached hydrogens (tertiary/aromatic N) is 1. The van der Waals surface area contributed by atoms with Crippen LogP contribution in [-0.2, 0) is 4.79 Å². The maximum atomic E-state index is 12.3. The Bertz CT molecular complexity index is 841. The summed E-state index contributed by atoms with van der Waals surface area (Å²) in [5.74, 6) is -0.923. The summed E-state index contributed by atoms with van der Waals surface area (Å²) in [6.45, 7) is 4.39. The minimum absolute atomic E-state index is 0.113. The molecular weight excluding hydrogens is 352 g/mol. The number of aliphatic carboxylic acids is 1. The van der Waals surface area contributed by atoms with Crippen LogP contribution >= 0.6 is 0 Å². The number of benzene rings is 2. The van der Waals surface area contributed by atoms with Crippen molar-refractivity contribution in [2.75, 3.05) is 18.5 Å². The number of hydrogen-bond acceptors (Lipinski definition) is 2. The van der Waals surface area contributed by atoms with Gasteiger partial charge in [0.15, 0.2) is 0 Å². The van der Waals surface area contributed by atoms with Gasteiger partial charge in [0.05, 0.1) is 0 Å². The van der Waals surface area contributed by atoms with Crippen molar-refractivity contribution >= 4 is 23.8 Å². The summed E-state index contributed by atoms with van der Waals surface area (Å²) in [4.78, 5) is 24.9. The van der Waals surface area contributed by atoms with Gasteiger partial charge >= 0.3 is 12.0 Å². The van der Waals surface area contributed by atoms with E-state index in [9.17, 15) is 9.59 Å². The van der Waals surface area contributed by atoms with Gasteiger partial charge in [0.2, 0.25) is 0 Å². The first-order chi connectivity index (χ1) is 13.4. The second-order valence-electron chi connectivity index (χ2n) is 6.80. The molecule has 0 saturated heterocycles. The number of rotatable bonds is 8. The zero-order valence-electron chi connectivity index (χ0n) is 16.7. The molecule has 0 aliphatic heterocycles. The molecule has 0 aliphatic carbocycles. The molecule has 2 aromatic rings. The molecule has 28 heavy (non-hydrogen) atoms. The third-order valence-corrected chi connectivity index (χ3v) is 4.56. The fraction of sp³-hybridized carbons (Fsp3) is 0.304. The number of carboxylic acids is 1. The van der Waals surface area contributed by atoms with Gasteiger partial charge in [0.25, 0.3) is 0 Å². The van der Waals surface area contributed by atoms with Crippen molar-refractivity contribution < 1.29 is 14.7 Å². The SMILES string of the molecule is CCCCCNC(=O)N(C)c1cccc(-c2ccc(C=C(C)C(=O)O)cc2)c1. The van der Waals surface area contributed by atoms with E-state index in [-0.39, 0.29) is 6.03 Å². The van der Waals surface area contributed by atoms with Gasteiger partial charge in [-0.25, -0.2) is 9.59 Å². The van der Waals surface area contributed by atoms with Gasteiger partial charge in [-0.05, 0) is 48.2 Å². The lowest BCUT2D eigenvalue weighted by Gasteiger charge is -2.19. The lowest BCUT2D eigenvalue weighted by Crippen LogP contribution is -2.37. The summed E-state index contributed by atoms with van der Waals surface area (Å²) < 4.78 is 0. The van der Waals surface area contributed by atoms with Crippen molar-refractivity contribution in [3.05, 3.63) is 59.7 Å². The molecule has 0 atom stereocenters. The Hall–Kier alpha value is -3.08. The predicted octanol–water partition coefficient (Wildman–Crippen LogP) is 5.18. The number of unbranched alkanes of at least 4 members (excludes halogenated alkanes) is 2. The summed E-state index contributed by atoms with van der Waals surface area (Å²) >= 11 is 0. The number of carbonyl (C=O) groups is 2. The van der Waals surface area contributed by atoms with Gasteiger partial charge in [0, 0.05) is 24.9 Å².